The van der Waals surface area contributed by atoms with Gasteiger partial charge in [0.25, 0.3) is 0 Å². The second-order valence-electron chi connectivity index (χ2n) is 4.60. The quantitative estimate of drug-likeness (QED) is 0.718. The summed E-state index contributed by atoms with van der Waals surface area (Å²) in [5, 5.41) is 3.51. The Hall–Kier alpha value is -0.890. The molecule has 0 aromatic carbocycles. The molecular formula is C12H18N2. The van der Waals surface area contributed by atoms with E-state index in [1.807, 2.05) is 18.5 Å². The summed E-state index contributed by atoms with van der Waals surface area (Å²) in [7, 11) is 0. The van der Waals surface area contributed by atoms with Crippen molar-refractivity contribution < 1.29 is 0 Å². The molecule has 0 aliphatic heterocycles. The van der Waals surface area contributed by atoms with Gasteiger partial charge in [-0.05, 0) is 42.9 Å². The predicted molar refractivity (Wildman–Crippen MR) is 58.2 cm³/mol. The molecule has 1 aliphatic carbocycles. The van der Waals surface area contributed by atoms with E-state index in [4.69, 9.17) is 0 Å². The van der Waals surface area contributed by atoms with Gasteiger partial charge in [-0.1, -0.05) is 13.0 Å². The highest BCUT2D eigenvalue weighted by atomic mass is 14.9. The fraction of sp³-hybridized carbons (Fsp3) is 0.583. The van der Waals surface area contributed by atoms with Gasteiger partial charge in [0, 0.05) is 18.9 Å². The molecule has 0 atom stereocenters. The molecule has 2 rings (SSSR count). The number of nitrogens with zero attached hydrogens (tertiary/aromatic N) is 1. The summed E-state index contributed by atoms with van der Waals surface area (Å²) < 4.78 is 0. The lowest BCUT2D eigenvalue weighted by molar-refractivity contribution is 0.502. The molecular weight excluding hydrogens is 172 g/mol. The van der Waals surface area contributed by atoms with Crippen molar-refractivity contribution in [3.63, 3.8) is 0 Å². The first kappa shape index (κ1) is 9.66. The monoisotopic (exact) mass is 190 g/mol. The summed E-state index contributed by atoms with van der Waals surface area (Å²) >= 11 is 0. The van der Waals surface area contributed by atoms with Crippen molar-refractivity contribution in [2.45, 2.75) is 26.2 Å². The Balaban J connectivity index is 1.63. The van der Waals surface area contributed by atoms with E-state index >= 15 is 0 Å². The molecule has 1 aliphatic rings. The van der Waals surface area contributed by atoms with Crippen LogP contribution in [0.4, 0.5) is 0 Å². The molecule has 76 valence electrons. The van der Waals surface area contributed by atoms with Crippen LogP contribution in [0.3, 0.4) is 0 Å². The van der Waals surface area contributed by atoms with Gasteiger partial charge in [-0.2, -0.15) is 0 Å². The van der Waals surface area contributed by atoms with Crippen LogP contribution in [0.25, 0.3) is 0 Å². The van der Waals surface area contributed by atoms with Gasteiger partial charge in [0.05, 0.1) is 0 Å². The highest BCUT2D eigenvalue weighted by Gasteiger charge is 2.36. The van der Waals surface area contributed by atoms with Crippen molar-refractivity contribution in [3.8, 4) is 0 Å². The molecule has 1 heterocycles. The van der Waals surface area contributed by atoms with E-state index in [1.54, 1.807) is 0 Å². The minimum Gasteiger partial charge on any atom is -0.316 e. The van der Waals surface area contributed by atoms with E-state index in [-0.39, 0.29) is 0 Å². The van der Waals surface area contributed by atoms with Gasteiger partial charge in [0.2, 0.25) is 0 Å². The van der Waals surface area contributed by atoms with Crippen LogP contribution in [-0.4, -0.2) is 18.1 Å². The Labute approximate surface area is 85.7 Å². The second kappa shape index (κ2) is 4.09. The number of rotatable bonds is 5. The van der Waals surface area contributed by atoms with Crippen LogP contribution in [0.1, 0.15) is 25.3 Å². The van der Waals surface area contributed by atoms with E-state index in [0.717, 1.165) is 13.0 Å². The Bertz CT molecular complexity index is 278. The maximum absolute atomic E-state index is 4.10. The Morgan fingerprint density at radius 1 is 1.50 bits per heavy atom. The first-order valence-corrected chi connectivity index (χ1v) is 5.38. The summed E-state index contributed by atoms with van der Waals surface area (Å²) in [6, 6.07) is 4.13. The Morgan fingerprint density at radius 2 is 2.36 bits per heavy atom. The highest BCUT2D eigenvalue weighted by Crippen LogP contribution is 2.43. The largest absolute Gasteiger partial charge is 0.316 e. The molecule has 0 unspecified atom stereocenters. The zero-order valence-corrected chi connectivity index (χ0v) is 8.79. The van der Waals surface area contributed by atoms with Gasteiger partial charge < -0.3 is 5.32 Å². The summed E-state index contributed by atoms with van der Waals surface area (Å²) in [6.45, 7) is 4.60. The van der Waals surface area contributed by atoms with E-state index in [0.29, 0.717) is 5.41 Å². The normalized spacial score (nSPS) is 18.1. The van der Waals surface area contributed by atoms with E-state index in [1.165, 1.54) is 24.9 Å². The molecule has 1 aromatic heterocycles. The third kappa shape index (κ3) is 2.81. The first-order chi connectivity index (χ1) is 6.79. The maximum Gasteiger partial charge on any atom is 0.0300 e. The molecule has 0 bridgehead atoms. The number of nitrogens with one attached hydrogen (secondary N) is 1. The van der Waals surface area contributed by atoms with Crippen LogP contribution in [-0.2, 0) is 6.42 Å². The van der Waals surface area contributed by atoms with Crippen molar-refractivity contribution in [2.75, 3.05) is 13.1 Å². The maximum atomic E-state index is 4.10. The SMILES string of the molecule is CC1(CNCCc2cccnc2)CC1. The number of aromatic nitrogens is 1. The third-order valence-corrected chi connectivity index (χ3v) is 2.97. The van der Waals surface area contributed by atoms with Gasteiger partial charge in [-0.3, -0.25) is 4.98 Å². The zero-order chi connectivity index (χ0) is 9.86. The fourth-order valence-corrected chi connectivity index (χ4v) is 1.56. The molecule has 14 heavy (non-hydrogen) atoms. The molecule has 0 radical (unpaired) electrons. The number of hydrogen-bond donors (Lipinski definition) is 1. The minimum atomic E-state index is 0.620. The van der Waals surface area contributed by atoms with Gasteiger partial charge in [0.15, 0.2) is 0 Å². The Morgan fingerprint density at radius 3 is 3.00 bits per heavy atom. The van der Waals surface area contributed by atoms with Crippen molar-refractivity contribution in [3.05, 3.63) is 30.1 Å². The summed E-state index contributed by atoms with van der Waals surface area (Å²) in [4.78, 5) is 4.10. The molecule has 1 fully saturated rings. The number of hydrogen-bond acceptors (Lipinski definition) is 2. The molecule has 0 saturated heterocycles. The summed E-state index contributed by atoms with van der Waals surface area (Å²) in [5.41, 5.74) is 1.94. The zero-order valence-electron chi connectivity index (χ0n) is 8.79. The van der Waals surface area contributed by atoms with Crippen LogP contribution in [0, 0.1) is 5.41 Å². The first-order valence-electron chi connectivity index (χ1n) is 5.38. The molecule has 2 heteroatoms. The van der Waals surface area contributed by atoms with Crippen LogP contribution < -0.4 is 5.32 Å². The van der Waals surface area contributed by atoms with Gasteiger partial charge in [-0.15, -0.1) is 0 Å². The van der Waals surface area contributed by atoms with Crippen molar-refractivity contribution in [1.82, 2.24) is 10.3 Å². The molecule has 1 saturated carbocycles. The van der Waals surface area contributed by atoms with Gasteiger partial charge in [-0.25, -0.2) is 0 Å². The minimum absolute atomic E-state index is 0.620. The van der Waals surface area contributed by atoms with E-state index in [9.17, 15) is 0 Å². The smallest absolute Gasteiger partial charge is 0.0300 e. The van der Waals surface area contributed by atoms with Crippen LogP contribution in [0.5, 0.6) is 0 Å². The lowest BCUT2D eigenvalue weighted by Crippen LogP contribution is -2.24. The molecule has 1 aromatic rings. The van der Waals surface area contributed by atoms with Crippen molar-refractivity contribution >= 4 is 0 Å². The van der Waals surface area contributed by atoms with Crippen LogP contribution in [0.2, 0.25) is 0 Å². The highest BCUT2D eigenvalue weighted by molar-refractivity contribution is 5.08. The standard InChI is InChI=1S/C12H18N2/c1-12(5-6-12)10-14-8-4-11-3-2-7-13-9-11/h2-3,7,9,14H,4-6,8,10H2,1H3. The average molecular weight is 190 g/mol. The number of pyridine rings is 1. The topological polar surface area (TPSA) is 24.9 Å². The Kier molecular flexibility index (Phi) is 2.82. The summed E-state index contributed by atoms with van der Waals surface area (Å²) in [6.07, 6.45) is 7.65. The van der Waals surface area contributed by atoms with Gasteiger partial charge >= 0.3 is 0 Å². The molecule has 0 spiro atoms. The summed E-state index contributed by atoms with van der Waals surface area (Å²) in [5.74, 6) is 0. The lowest BCUT2D eigenvalue weighted by Gasteiger charge is -2.09. The van der Waals surface area contributed by atoms with Crippen LogP contribution in [0.15, 0.2) is 24.5 Å². The molecule has 2 nitrogen and oxygen atoms in total. The second-order valence-corrected chi connectivity index (χ2v) is 4.60. The van der Waals surface area contributed by atoms with E-state index < -0.39 is 0 Å². The van der Waals surface area contributed by atoms with Crippen molar-refractivity contribution in [1.29, 1.82) is 0 Å². The van der Waals surface area contributed by atoms with Gasteiger partial charge in [0.1, 0.15) is 0 Å². The van der Waals surface area contributed by atoms with E-state index in [2.05, 4.69) is 23.3 Å². The fourth-order valence-electron chi connectivity index (χ4n) is 1.56. The molecule has 0 amide bonds. The van der Waals surface area contributed by atoms with Crippen molar-refractivity contribution in [2.24, 2.45) is 5.41 Å². The lowest BCUT2D eigenvalue weighted by atomic mass is 10.1. The van der Waals surface area contributed by atoms with Crippen LogP contribution >= 0.6 is 0 Å². The average Bonchev–Trinajstić information content (AvgIpc) is 2.94. The molecule has 1 N–H and O–H groups in total. The third-order valence-electron chi connectivity index (χ3n) is 2.97. The predicted octanol–water partition coefficient (Wildman–Crippen LogP) is 2.01.